The number of ether oxygens (including phenoxy) is 1. The second-order valence-corrected chi connectivity index (χ2v) is 5.77. The maximum absolute atomic E-state index is 11.6. The number of halogens is 1. The molecule has 0 radical (unpaired) electrons. The second-order valence-electron chi connectivity index (χ2n) is 2.88. The Hall–Kier alpha value is -0.220. The van der Waals surface area contributed by atoms with Gasteiger partial charge in [0.05, 0.1) is 18.1 Å². The molecule has 0 fully saturated rings. The van der Waals surface area contributed by atoms with Crippen LogP contribution in [0.1, 0.15) is 0 Å². The van der Waals surface area contributed by atoms with Crippen molar-refractivity contribution in [1.82, 2.24) is 4.89 Å². The first-order valence-electron chi connectivity index (χ1n) is 4.44. The topological polar surface area (TPSA) is 64.6 Å². The molecule has 16 heavy (non-hydrogen) atoms. The fraction of sp³-hybridized carbons (Fsp3) is 0.333. The molecule has 0 aliphatic carbocycles. The lowest BCUT2D eigenvalue weighted by molar-refractivity contribution is 0.0438. The highest BCUT2D eigenvalue weighted by Crippen LogP contribution is 2.11. The SMILES string of the molecule is COCCONS(=O)(=O)c1ccc(I)cc1. The lowest BCUT2D eigenvalue weighted by atomic mass is 10.4. The summed E-state index contributed by atoms with van der Waals surface area (Å²) in [7, 11) is -2.08. The van der Waals surface area contributed by atoms with E-state index < -0.39 is 10.0 Å². The van der Waals surface area contributed by atoms with Crippen molar-refractivity contribution < 1.29 is 18.0 Å². The van der Waals surface area contributed by atoms with Crippen molar-refractivity contribution in [2.45, 2.75) is 4.90 Å². The molecular weight excluding hydrogens is 345 g/mol. The van der Waals surface area contributed by atoms with Crippen LogP contribution in [-0.2, 0) is 19.6 Å². The Morgan fingerprint density at radius 3 is 2.44 bits per heavy atom. The Labute approximate surface area is 108 Å². The third-order valence-corrected chi connectivity index (χ3v) is 3.63. The molecule has 1 rings (SSSR count). The van der Waals surface area contributed by atoms with E-state index in [0.717, 1.165) is 3.57 Å². The molecule has 1 aromatic rings. The van der Waals surface area contributed by atoms with Crippen LogP contribution in [-0.4, -0.2) is 28.7 Å². The fourth-order valence-electron chi connectivity index (χ4n) is 0.906. The number of hydrogen-bond donors (Lipinski definition) is 1. The molecule has 0 atom stereocenters. The van der Waals surface area contributed by atoms with Crippen molar-refractivity contribution in [1.29, 1.82) is 0 Å². The average Bonchev–Trinajstić information content (AvgIpc) is 2.25. The molecule has 0 saturated carbocycles. The van der Waals surface area contributed by atoms with Crippen LogP contribution < -0.4 is 4.89 Å². The van der Waals surface area contributed by atoms with E-state index in [9.17, 15) is 8.42 Å². The molecule has 0 aliphatic rings. The van der Waals surface area contributed by atoms with Gasteiger partial charge in [-0.05, 0) is 46.9 Å². The van der Waals surface area contributed by atoms with E-state index in [1.807, 2.05) is 4.89 Å². The molecule has 5 nitrogen and oxygen atoms in total. The molecule has 0 saturated heterocycles. The molecule has 0 bridgehead atoms. The Morgan fingerprint density at radius 2 is 1.88 bits per heavy atom. The van der Waals surface area contributed by atoms with Crippen LogP contribution in [0.2, 0.25) is 0 Å². The van der Waals surface area contributed by atoms with E-state index in [1.54, 1.807) is 12.1 Å². The summed E-state index contributed by atoms with van der Waals surface area (Å²) in [6.07, 6.45) is 0. The summed E-state index contributed by atoms with van der Waals surface area (Å²) < 4.78 is 28.9. The first-order valence-corrected chi connectivity index (χ1v) is 7.00. The Balaban J connectivity index is 2.60. The summed E-state index contributed by atoms with van der Waals surface area (Å²) in [6, 6.07) is 6.46. The van der Waals surface area contributed by atoms with Gasteiger partial charge in [-0.1, -0.05) is 4.89 Å². The van der Waals surface area contributed by atoms with Crippen LogP contribution >= 0.6 is 22.6 Å². The van der Waals surface area contributed by atoms with Gasteiger partial charge in [0.2, 0.25) is 0 Å². The number of nitrogens with one attached hydrogen (secondary N) is 1. The third-order valence-electron chi connectivity index (χ3n) is 1.68. The first-order chi connectivity index (χ1) is 7.56. The number of benzene rings is 1. The maximum atomic E-state index is 11.6. The molecule has 7 heteroatoms. The Bertz CT molecular complexity index is 418. The first kappa shape index (κ1) is 13.8. The van der Waals surface area contributed by atoms with Gasteiger partial charge >= 0.3 is 0 Å². The quantitative estimate of drug-likeness (QED) is 0.471. The predicted molar refractivity (Wildman–Crippen MR) is 67.3 cm³/mol. The Morgan fingerprint density at radius 1 is 1.25 bits per heavy atom. The lowest BCUT2D eigenvalue weighted by Gasteiger charge is -2.06. The summed E-state index contributed by atoms with van der Waals surface area (Å²) in [5.74, 6) is 0. The summed E-state index contributed by atoms with van der Waals surface area (Å²) in [4.78, 5) is 6.95. The molecule has 0 aliphatic heterocycles. The van der Waals surface area contributed by atoms with Crippen LogP contribution in [0.5, 0.6) is 0 Å². The highest BCUT2D eigenvalue weighted by molar-refractivity contribution is 14.1. The zero-order valence-corrected chi connectivity index (χ0v) is 11.6. The van der Waals surface area contributed by atoms with Crippen LogP contribution in [0.25, 0.3) is 0 Å². The van der Waals surface area contributed by atoms with E-state index in [-0.39, 0.29) is 11.5 Å². The number of sulfonamides is 1. The van der Waals surface area contributed by atoms with Gasteiger partial charge in [0.15, 0.2) is 0 Å². The molecule has 0 amide bonds. The van der Waals surface area contributed by atoms with Gasteiger partial charge in [0.25, 0.3) is 10.0 Å². The van der Waals surface area contributed by atoms with Gasteiger partial charge in [-0.2, -0.15) is 0 Å². The molecule has 0 heterocycles. The van der Waals surface area contributed by atoms with E-state index in [2.05, 4.69) is 22.6 Å². The van der Waals surface area contributed by atoms with Crippen molar-refractivity contribution in [3.05, 3.63) is 27.8 Å². The molecular formula is C9H12INO4S. The van der Waals surface area contributed by atoms with Crippen LogP contribution in [0.4, 0.5) is 0 Å². The molecule has 1 aromatic carbocycles. The third kappa shape index (κ3) is 4.34. The maximum Gasteiger partial charge on any atom is 0.262 e. The standard InChI is InChI=1S/C9H12INO4S/c1-14-6-7-15-11-16(12,13)9-4-2-8(10)3-5-9/h2-5,11H,6-7H2,1H3. The van der Waals surface area contributed by atoms with Crippen molar-refractivity contribution in [2.24, 2.45) is 0 Å². The highest BCUT2D eigenvalue weighted by Gasteiger charge is 2.13. The van der Waals surface area contributed by atoms with Crippen molar-refractivity contribution in [2.75, 3.05) is 20.3 Å². The zero-order valence-electron chi connectivity index (χ0n) is 8.64. The molecule has 90 valence electrons. The Kier molecular flexibility index (Phi) is 5.62. The fourth-order valence-corrected chi connectivity index (χ4v) is 2.09. The van der Waals surface area contributed by atoms with Crippen molar-refractivity contribution in [3.8, 4) is 0 Å². The number of rotatable bonds is 6. The van der Waals surface area contributed by atoms with Gasteiger partial charge in [0, 0.05) is 10.7 Å². The van der Waals surface area contributed by atoms with Gasteiger partial charge in [-0.15, -0.1) is 0 Å². The largest absolute Gasteiger partial charge is 0.382 e. The summed E-state index contributed by atoms with van der Waals surface area (Å²) >= 11 is 2.10. The van der Waals surface area contributed by atoms with Gasteiger partial charge in [-0.3, -0.25) is 4.84 Å². The minimum atomic E-state index is -3.59. The second kappa shape index (κ2) is 6.50. The summed E-state index contributed by atoms with van der Waals surface area (Å²) in [5.41, 5.74) is 0. The lowest BCUT2D eigenvalue weighted by Crippen LogP contribution is -2.25. The smallest absolute Gasteiger partial charge is 0.262 e. The van der Waals surface area contributed by atoms with Crippen LogP contribution in [0, 0.1) is 3.57 Å². The highest BCUT2D eigenvalue weighted by atomic mass is 127. The molecule has 0 unspecified atom stereocenters. The van der Waals surface area contributed by atoms with Gasteiger partial charge < -0.3 is 4.74 Å². The average molecular weight is 357 g/mol. The molecule has 0 aromatic heterocycles. The summed E-state index contributed by atoms with van der Waals surface area (Å²) in [5, 5.41) is 0. The normalized spacial score (nSPS) is 11.6. The van der Waals surface area contributed by atoms with Gasteiger partial charge in [0.1, 0.15) is 0 Å². The zero-order chi connectivity index (χ0) is 12.0. The van der Waals surface area contributed by atoms with E-state index in [4.69, 9.17) is 9.57 Å². The van der Waals surface area contributed by atoms with Crippen molar-refractivity contribution >= 4 is 32.6 Å². The minimum Gasteiger partial charge on any atom is -0.382 e. The summed E-state index contributed by atoms with van der Waals surface area (Å²) in [6.45, 7) is 0.495. The predicted octanol–water partition coefficient (Wildman–Crippen LogP) is 1.15. The van der Waals surface area contributed by atoms with E-state index in [1.165, 1.54) is 19.2 Å². The van der Waals surface area contributed by atoms with Crippen molar-refractivity contribution in [3.63, 3.8) is 0 Å². The number of methoxy groups -OCH3 is 1. The molecule has 1 N–H and O–H groups in total. The van der Waals surface area contributed by atoms with Crippen LogP contribution in [0.3, 0.4) is 0 Å². The monoisotopic (exact) mass is 357 g/mol. The van der Waals surface area contributed by atoms with Crippen LogP contribution in [0.15, 0.2) is 29.2 Å². The number of hydrogen-bond acceptors (Lipinski definition) is 4. The van der Waals surface area contributed by atoms with Gasteiger partial charge in [-0.25, -0.2) is 8.42 Å². The molecule has 0 spiro atoms. The van der Waals surface area contributed by atoms with E-state index in [0.29, 0.717) is 6.61 Å². The minimum absolute atomic E-state index is 0.167. The van der Waals surface area contributed by atoms with E-state index >= 15 is 0 Å².